The van der Waals surface area contributed by atoms with Crippen LogP contribution in [0.15, 0.2) is 0 Å². The van der Waals surface area contributed by atoms with Crippen LogP contribution in [0, 0.1) is 17.8 Å². The molecule has 1 saturated carbocycles. The van der Waals surface area contributed by atoms with E-state index < -0.39 is 5.60 Å². The van der Waals surface area contributed by atoms with Gasteiger partial charge in [0.05, 0.1) is 0 Å². The molecule has 1 heterocycles. The fraction of sp³-hybridized carbons (Fsp3) is 0.909. The number of rotatable bonds is 1. The van der Waals surface area contributed by atoms with E-state index in [0.29, 0.717) is 17.8 Å². The highest BCUT2D eigenvalue weighted by Crippen LogP contribution is 2.51. The molecule has 1 N–H and O–H groups in total. The van der Waals surface area contributed by atoms with Crippen molar-refractivity contribution >= 4 is 6.09 Å². The molecular formula is C11H19NO3. The van der Waals surface area contributed by atoms with Crippen LogP contribution in [-0.2, 0) is 4.74 Å². The number of ether oxygens (including phenoxy) is 1. The molecule has 4 nitrogen and oxygen atoms in total. The molecule has 86 valence electrons. The lowest BCUT2D eigenvalue weighted by Crippen LogP contribution is -2.37. The van der Waals surface area contributed by atoms with Crippen molar-refractivity contribution in [3.63, 3.8) is 0 Å². The first-order chi connectivity index (χ1) is 6.92. The smallest absolute Gasteiger partial charge is 0.410 e. The van der Waals surface area contributed by atoms with Crippen molar-refractivity contribution in [3.05, 3.63) is 0 Å². The summed E-state index contributed by atoms with van der Waals surface area (Å²) in [5.41, 5.74) is -0.416. The van der Waals surface area contributed by atoms with Gasteiger partial charge in [0.15, 0.2) is 0 Å². The third kappa shape index (κ3) is 2.09. The minimum absolute atomic E-state index is 0.216. The van der Waals surface area contributed by atoms with Gasteiger partial charge in [-0.05, 0) is 38.5 Å². The summed E-state index contributed by atoms with van der Waals surface area (Å²) in [6.45, 7) is 7.39. The monoisotopic (exact) mass is 213 g/mol. The van der Waals surface area contributed by atoms with E-state index in [-0.39, 0.29) is 12.7 Å². The number of carbonyl (C=O) groups is 1. The van der Waals surface area contributed by atoms with E-state index in [1.54, 1.807) is 4.90 Å². The lowest BCUT2D eigenvalue weighted by Gasteiger charge is -2.25. The predicted octanol–water partition coefficient (Wildman–Crippen LogP) is 1.09. The highest BCUT2D eigenvalue weighted by atomic mass is 16.6. The molecule has 1 saturated heterocycles. The van der Waals surface area contributed by atoms with Gasteiger partial charge in [0, 0.05) is 19.7 Å². The van der Waals surface area contributed by atoms with Crippen LogP contribution >= 0.6 is 0 Å². The Morgan fingerprint density at radius 2 is 1.93 bits per heavy atom. The molecule has 4 heteroatoms. The SMILES string of the molecule is CC(C)(C)OC(=O)N1CC2C(CO)[C@@H]2C1. The normalized spacial score (nSPS) is 33.9. The molecule has 0 spiro atoms. The molecule has 3 atom stereocenters. The molecule has 2 aliphatic rings. The molecule has 1 aliphatic heterocycles. The van der Waals surface area contributed by atoms with Crippen LogP contribution in [0.1, 0.15) is 20.8 Å². The van der Waals surface area contributed by atoms with Crippen LogP contribution in [0.2, 0.25) is 0 Å². The molecule has 1 amide bonds. The molecule has 0 aromatic rings. The summed E-state index contributed by atoms with van der Waals surface area (Å²) in [6, 6.07) is 0. The van der Waals surface area contributed by atoms with Crippen molar-refractivity contribution in [3.8, 4) is 0 Å². The van der Waals surface area contributed by atoms with Crippen molar-refractivity contribution in [2.24, 2.45) is 17.8 Å². The van der Waals surface area contributed by atoms with Crippen molar-refractivity contribution in [1.29, 1.82) is 0 Å². The van der Waals surface area contributed by atoms with Gasteiger partial charge in [0.1, 0.15) is 5.60 Å². The minimum atomic E-state index is -0.416. The van der Waals surface area contributed by atoms with Crippen LogP contribution in [-0.4, -0.2) is 41.4 Å². The quantitative estimate of drug-likeness (QED) is 0.709. The topological polar surface area (TPSA) is 49.8 Å². The third-order valence-corrected chi connectivity index (χ3v) is 3.23. The minimum Gasteiger partial charge on any atom is -0.444 e. The molecule has 2 fully saturated rings. The fourth-order valence-electron chi connectivity index (χ4n) is 2.40. The van der Waals surface area contributed by atoms with Crippen LogP contribution in [0.5, 0.6) is 0 Å². The van der Waals surface area contributed by atoms with Gasteiger partial charge in [-0.15, -0.1) is 0 Å². The van der Waals surface area contributed by atoms with Gasteiger partial charge in [0.25, 0.3) is 0 Å². The summed E-state index contributed by atoms with van der Waals surface area (Å²) in [6.07, 6.45) is -0.216. The van der Waals surface area contributed by atoms with Gasteiger partial charge >= 0.3 is 6.09 Å². The number of fused-ring (bicyclic) bond motifs is 1. The number of aliphatic hydroxyl groups excluding tert-OH is 1. The largest absolute Gasteiger partial charge is 0.444 e. The number of piperidine rings is 1. The summed E-state index contributed by atoms with van der Waals surface area (Å²) in [7, 11) is 0. The zero-order valence-electron chi connectivity index (χ0n) is 9.56. The Labute approximate surface area is 90.2 Å². The summed E-state index contributed by atoms with van der Waals surface area (Å²) in [5, 5.41) is 8.99. The Kier molecular flexibility index (Phi) is 2.41. The average molecular weight is 213 g/mol. The Bertz CT molecular complexity index is 259. The van der Waals surface area contributed by atoms with E-state index in [1.807, 2.05) is 20.8 Å². The van der Waals surface area contributed by atoms with E-state index >= 15 is 0 Å². The van der Waals surface area contributed by atoms with E-state index in [9.17, 15) is 4.79 Å². The van der Waals surface area contributed by atoms with Crippen LogP contribution in [0.4, 0.5) is 4.79 Å². The van der Waals surface area contributed by atoms with E-state index in [4.69, 9.17) is 9.84 Å². The second kappa shape index (κ2) is 3.37. The van der Waals surface area contributed by atoms with Gasteiger partial charge in [-0.2, -0.15) is 0 Å². The fourth-order valence-corrected chi connectivity index (χ4v) is 2.40. The standard InChI is InChI=1S/C11H19NO3/c1-11(2,3)15-10(14)12-4-7-8(5-12)9(7)6-13/h7-9,13H,4-6H2,1-3H3/t7-,8?,9?/m1/s1. The maximum absolute atomic E-state index is 11.7. The number of likely N-dealkylation sites (tertiary alicyclic amines) is 1. The van der Waals surface area contributed by atoms with Gasteiger partial charge in [-0.1, -0.05) is 0 Å². The summed E-state index contributed by atoms with van der Waals surface area (Å²) < 4.78 is 5.28. The first-order valence-corrected chi connectivity index (χ1v) is 5.51. The average Bonchev–Trinajstić information content (AvgIpc) is 2.54. The number of hydrogen-bond donors (Lipinski definition) is 1. The van der Waals surface area contributed by atoms with Crippen molar-refractivity contribution < 1.29 is 14.6 Å². The predicted molar refractivity (Wildman–Crippen MR) is 55.4 cm³/mol. The van der Waals surface area contributed by atoms with Crippen LogP contribution < -0.4 is 0 Å². The number of carbonyl (C=O) groups excluding carboxylic acids is 1. The van der Waals surface area contributed by atoms with Gasteiger partial charge in [-0.25, -0.2) is 4.79 Å². The summed E-state index contributed by atoms with van der Waals surface area (Å²) >= 11 is 0. The number of nitrogens with zero attached hydrogens (tertiary/aromatic N) is 1. The second-order valence-corrected chi connectivity index (χ2v) is 5.56. The Hall–Kier alpha value is -0.770. The second-order valence-electron chi connectivity index (χ2n) is 5.56. The Balaban J connectivity index is 1.82. The summed E-state index contributed by atoms with van der Waals surface area (Å²) in [4.78, 5) is 13.4. The number of aliphatic hydroxyl groups is 1. The van der Waals surface area contributed by atoms with E-state index in [2.05, 4.69) is 0 Å². The Morgan fingerprint density at radius 1 is 1.40 bits per heavy atom. The lowest BCUT2D eigenvalue weighted by molar-refractivity contribution is 0.0259. The van der Waals surface area contributed by atoms with Gasteiger partial charge < -0.3 is 14.7 Å². The van der Waals surface area contributed by atoms with Crippen molar-refractivity contribution in [2.45, 2.75) is 26.4 Å². The van der Waals surface area contributed by atoms with Crippen molar-refractivity contribution in [2.75, 3.05) is 19.7 Å². The first kappa shape index (κ1) is 10.7. The molecule has 15 heavy (non-hydrogen) atoms. The maximum Gasteiger partial charge on any atom is 0.410 e. The van der Waals surface area contributed by atoms with Gasteiger partial charge in [-0.3, -0.25) is 0 Å². The van der Waals surface area contributed by atoms with Crippen molar-refractivity contribution in [1.82, 2.24) is 4.90 Å². The molecule has 0 aromatic heterocycles. The number of amides is 1. The first-order valence-electron chi connectivity index (χ1n) is 5.51. The molecule has 0 bridgehead atoms. The van der Waals surface area contributed by atoms with Gasteiger partial charge in [0.2, 0.25) is 0 Å². The van der Waals surface area contributed by atoms with Crippen LogP contribution in [0.3, 0.4) is 0 Å². The molecule has 2 rings (SSSR count). The highest BCUT2D eigenvalue weighted by Gasteiger charge is 2.56. The van der Waals surface area contributed by atoms with Crippen LogP contribution in [0.25, 0.3) is 0 Å². The summed E-state index contributed by atoms with van der Waals surface area (Å²) in [5.74, 6) is 1.47. The molecule has 0 radical (unpaired) electrons. The molecule has 0 aromatic carbocycles. The third-order valence-electron chi connectivity index (χ3n) is 3.23. The molecule has 2 unspecified atom stereocenters. The zero-order chi connectivity index (χ0) is 11.2. The molecule has 1 aliphatic carbocycles. The zero-order valence-corrected chi connectivity index (χ0v) is 9.56. The Morgan fingerprint density at radius 3 is 2.33 bits per heavy atom. The van der Waals surface area contributed by atoms with E-state index in [1.165, 1.54) is 0 Å². The molecular weight excluding hydrogens is 194 g/mol. The maximum atomic E-state index is 11.7. The lowest BCUT2D eigenvalue weighted by atomic mass is 10.2. The number of hydrogen-bond acceptors (Lipinski definition) is 3. The highest BCUT2D eigenvalue weighted by molar-refractivity contribution is 5.68. The van der Waals surface area contributed by atoms with E-state index in [0.717, 1.165) is 13.1 Å².